The fraction of sp³-hybridized carbons (Fsp3) is 0.667. The summed E-state index contributed by atoms with van der Waals surface area (Å²) in [4.78, 5) is 9.59. The van der Waals surface area contributed by atoms with Crippen LogP contribution in [0.1, 0.15) is 14.8 Å². The smallest absolute Gasteiger partial charge is 1.00 e. The molecular formula is C3H8KNO. The zero-order valence-electron chi connectivity index (χ0n) is 5.19. The number of hydrogen-bond acceptors (Lipinski definition) is 1. The third-order valence-corrected chi connectivity index (χ3v) is 0.348. The average Bonchev–Trinajstić information content (AvgIpc) is 1.38. The van der Waals surface area contributed by atoms with E-state index in [-0.39, 0.29) is 58.7 Å². The Labute approximate surface area is 81.4 Å². The quantitative estimate of drug-likeness (QED) is 0.362. The first-order chi connectivity index (χ1) is 2.27. The predicted octanol–water partition coefficient (Wildman–Crippen LogP) is -3.00. The van der Waals surface area contributed by atoms with Gasteiger partial charge in [0.1, 0.15) is 0 Å². The molecule has 6 heavy (non-hydrogen) atoms. The zero-order valence-corrected chi connectivity index (χ0v) is 7.32. The molecule has 0 spiro atoms. The Kier molecular flexibility index (Phi) is 10.3. The number of rotatable bonds is 1. The minimum atomic E-state index is -0.245. The van der Waals surface area contributed by atoms with E-state index in [9.17, 15) is 4.79 Å². The third-order valence-electron chi connectivity index (χ3n) is 0.348. The summed E-state index contributed by atoms with van der Waals surface area (Å²) in [6.07, 6.45) is 0.444. The summed E-state index contributed by atoms with van der Waals surface area (Å²) < 4.78 is 0. The Bertz CT molecular complexity index is 50.2. The van der Waals surface area contributed by atoms with Crippen LogP contribution < -0.4 is 57.1 Å². The van der Waals surface area contributed by atoms with Crippen molar-refractivity contribution in [3.05, 3.63) is 0 Å². The van der Waals surface area contributed by atoms with Gasteiger partial charge >= 0.3 is 51.4 Å². The molecule has 0 bridgehead atoms. The zero-order chi connectivity index (χ0) is 4.28. The van der Waals surface area contributed by atoms with Crippen molar-refractivity contribution in [2.45, 2.75) is 13.3 Å². The van der Waals surface area contributed by atoms with Crippen LogP contribution in [0, 0.1) is 0 Å². The Morgan fingerprint density at radius 3 is 2.17 bits per heavy atom. The number of primary amides is 1. The van der Waals surface area contributed by atoms with Crippen LogP contribution in [0.25, 0.3) is 0 Å². The SMILES string of the molecule is CCC(N)=O.[H-].[K+]. The number of hydrogen-bond donors (Lipinski definition) is 1. The van der Waals surface area contributed by atoms with E-state index >= 15 is 0 Å². The minimum Gasteiger partial charge on any atom is -1.00 e. The van der Waals surface area contributed by atoms with E-state index in [4.69, 9.17) is 0 Å². The van der Waals surface area contributed by atoms with Gasteiger partial charge in [-0.3, -0.25) is 4.79 Å². The van der Waals surface area contributed by atoms with E-state index < -0.39 is 0 Å². The van der Waals surface area contributed by atoms with Gasteiger partial charge in [-0.1, -0.05) is 6.92 Å². The van der Waals surface area contributed by atoms with Crippen LogP contribution in [0.5, 0.6) is 0 Å². The van der Waals surface area contributed by atoms with Crippen LogP contribution >= 0.6 is 0 Å². The second-order valence-electron chi connectivity index (χ2n) is 0.820. The van der Waals surface area contributed by atoms with Crippen molar-refractivity contribution in [2.24, 2.45) is 5.73 Å². The molecule has 0 saturated heterocycles. The summed E-state index contributed by atoms with van der Waals surface area (Å²) in [6, 6.07) is 0. The standard InChI is InChI=1S/C3H7NO.K.H/c1-2-3(4)5;;/h2H2,1H3,(H2,4,5);;/q;+1;-1. The molecule has 0 radical (unpaired) electrons. The van der Waals surface area contributed by atoms with Crippen LogP contribution in [-0.4, -0.2) is 5.91 Å². The predicted molar refractivity (Wildman–Crippen MR) is 20.6 cm³/mol. The second kappa shape index (κ2) is 6.11. The van der Waals surface area contributed by atoms with Crippen molar-refractivity contribution in [1.82, 2.24) is 0 Å². The Morgan fingerprint density at radius 2 is 2.17 bits per heavy atom. The van der Waals surface area contributed by atoms with Gasteiger partial charge in [-0.15, -0.1) is 0 Å². The Hall–Kier alpha value is 1.11. The van der Waals surface area contributed by atoms with Gasteiger partial charge in [-0.2, -0.15) is 0 Å². The minimum absolute atomic E-state index is 0. The van der Waals surface area contributed by atoms with Gasteiger partial charge in [0.25, 0.3) is 0 Å². The Balaban J connectivity index is -0.0000000800. The number of nitrogens with two attached hydrogens (primary N) is 1. The van der Waals surface area contributed by atoms with Gasteiger partial charge in [0, 0.05) is 6.42 Å². The van der Waals surface area contributed by atoms with Crippen molar-refractivity contribution < 1.29 is 57.6 Å². The summed E-state index contributed by atoms with van der Waals surface area (Å²) in [5.41, 5.74) is 4.65. The molecule has 2 nitrogen and oxygen atoms in total. The molecule has 0 aliphatic heterocycles. The normalized spacial score (nSPS) is 6.17. The fourth-order valence-electron chi connectivity index (χ4n) is 0. The molecule has 0 heterocycles. The van der Waals surface area contributed by atoms with Crippen LogP contribution in [0.15, 0.2) is 0 Å². The van der Waals surface area contributed by atoms with Crippen LogP contribution in [0.3, 0.4) is 0 Å². The first-order valence-corrected chi connectivity index (χ1v) is 1.55. The molecule has 0 rings (SSSR count). The maximum Gasteiger partial charge on any atom is 1.00 e. The molecule has 0 atom stereocenters. The van der Waals surface area contributed by atoms with E-state index in [2.05, 4.69) is 5.73 Å². The molecule has 1 amide bonds. The van der Waals surface area contributed by atoms with Gasteiger partial charge in [-0.25, -0.2) is 0 Å². The summed E-state index contributed by atoms with van der Waals surface area (Å²) in [6.45, 7) is 1.72. The monoisotopic (exact) mass is 113 g/mol. The number of carbonyl (C=O) groups is 1. The fourth-order valence-corrected chi connectivity index (χ4v) is 0. The summed E-state index contributed by atoms with van der Waals surface area (Å²) in [5.74, 6) is -0.245. The second-order valence-corrected chi connectivity index (χ2v) is 0.820. The van der Waals surface area contributed by atoms with Crippen molar-refractivity contribution >= 4 is 5.91 Å². The molecular weight excluding hydrogens is 105 g/mol. The summed E-state index contributed by atoms with van der Waals surface area (Å²) in [7, 11) is 0. The topological polar surface area (TPSA) is 43.1 Å². The van der Waals surface area contributed by atoms with Gasteiger partial charge in [-0.05, 0) is 0 Å². The van der Waals surface area contributed by atoms with E-state index in [1.54, 1.807) is 6.92 Å². The van der Waals surface area contributed by atoms with E-state index in [1.807, 2.05) is 0 Å². The summed E-state index contributed by atoms with van der Waals surface area (Å²) in [5, 5.41) is 0. The van der Waals surface area contributed by atoms with Crippen LogP contribution in [0.4, 0.5) is 0 Å². The van der Waals surface area contributed by atoms with E-state index in [0.717, 1.165) is 0 Å². The molecule has 0 aromatic rings. The maximum atomic E-state index is 9.59. The molecule has 0 saturated carbocycles. The van der Waals surface area contributed by atoms with Crippen molar-refractivity contribution in [2.75, 3.05) is 0 Å². The van der Waals surface area contributed by atoms with E-state index in [1.165, 1.54) is 0 Å². The van der Waals surface area contributed by atoms with Gasteiger partial charge in [0.15, 0.2) is 0 Å². The van der Waals surface area contributed by atoms with Gasteiger partial charge < -0.3 is 7.16 Å². The van der Waals surface area contributed by atoms with Crippen molar-refractivity contribution in [3.8, 4) is 0 Å². The molecule has 0 aliphatic rings. The van der Waals surface area contributed by atoms with Gasteiger partial charge in [0.2, 0.25) is 5.91 Å². The largest absolute Gasteiger partial charge is 1.00 e. The molecule has 0 aliphatic carbocycles. The van der Waals surface area contributed by atoms with Crippen LogP contribution in [-0.2, 0) is 4.79 Å². The molecule has 0 unspecified atom stereocenters. The van der Waals surface area contributed by atoms with Crippen LogP contribution in [0.2, 0.25) is 0 Å². The average molecular weight is 113 g/mol. The first-order valence-electron chi connectivity index (χ1n) is 1.55. The van der Waals surface area contributed by atoms with Crippen molar-refractivity contribution in [3.63, 3.8) is 0 Å². The molecule has 3 heteroatoms. The first kappa shape index (κ1) is 10.2. The molecule has 2 N–H and O–H groups in total. The maximum absolute atomic E-state index is 9.59. The van der Waals surface area contributed by atoms with E-state index in [0.29, 0.717) is 6.42 Å². The third kappa shape index (κ3) is 8.92. The molecule has 0 aromatic heterocycles. The molecule has 0 aromatic carbocycles. The Morgan fingerprint density at radius 1 is 2.00 bits per heavy atom. The summed E-state index contributed by atoms with van der Waals surface area (Å²) >= 11 is 0. The molecule has 0 fully saturated rings. The number of carbonyl (C=O) groups excluding carboxylic acids is 1. The number of amides is 1. The van der Waals surface area contributed by atoms with Gasteiger partial charge in [0.05, 0.1) is 0 Å². The van der Waals surface area contributed by atoms with Crippen molar-refractivity contribution in [1.29, 1.82) is 0 Å². The molecule has 32 valence electrons.